The van der Waals surface area contributed by atoms with Crippen molar-refractivity contribution in [3.63, 3.8) is 0 Å². The van der Waals surface area contributed by atoms with Gasteiger partial charge >= 0.3 is 0 Å². The van der Waals surface area contributed by atoms with Crippen LogP contribution in [0.1, 0.15) is 44.2 Å². The van der Waals surface area contributed by atoms with Gasteiger partial charge in [-0.2, -0.15) is 0 Å². The Kier molecular flexibility index (Phi) is 3.40. The summed E-state index contributed by atoms with van der Waals surface area (Å²) in [7, 11) is 1.66. The molecule has 3 heteroatoms. The van der Waals surface area contributed by atoms with Gasteiger partial charge in [-0.1, -0.05) is 0 Å². The van der Waals surface area contributed by atoms with Crippen LogP contribution in [-0.2, 0) is 0 Å². The molecule has 0 aromatic heterocycles. The molecular formula is C16H23NO2. The van der Waals surface area contributed by atoms with Gasteiger partial charge in [0.15, 0.2) is 0 Å². The highest BCUT2D eigenvalue weighted by Crippen LogP contribution is 2.45. The summed E-state index contributed by atoms with van der Waals surface area (Å²) >= 11 is 0. The molecule has 0 radical (unpaired) electrons. The summed E-state index contributed by atoms with van der Waals surface area (Å²) in [5.41, 5.74) is 0.936. The first-order chi connectivity index (χ1) is 9.19. The topological polar surface area (TPSA) is 41.5 Å². The van der Waals surface area contributed by atoms with Crippen molar-refractivity contribution >= 4 is 0 Å². The second kappa shape index (κ2) is 5.04. The summed E-state index contributed by atoms with van der Waals surface area (Å²) in [5, 5.41) is 13.8. The molecule has 1 atom stereocenters. The van der Waals surface area contributed by atoms with E-state index in [2.05, 4.69) is 12.2 Å². The lowest BCUT2D eigenvalue weighted by Crippen LogP contribution is -2.35. The number of phenolic OH excluding ortho intramolecular Hbond substituents is 1. The highest BCUT2D eigenvalue weighted by molar-refractivity contribution is 5.41. The lowest BCUT2D eigenvalue weighted by molar-refractivity contribution is 0.365. The molecular weight excluding hydrogens is 238 g/mol. The predicted molar refractivity (Wildman–Crippen MR) is 75.4 cm³/mol. The molecule has 1 aromatic carbocycles. The number of hydrogen-bond acceptors (Lipinski definition) is 3. The van der Waals surface area contributed by atoms with E-state index in [0.717, 1.165) is 23.1 Å². The first kappa shape index (κ1) is 12.8. The molecule has 2 N–H and O–H groups in total. The first-order valence-corrected chi connectivity index (χ1v) is 7.32. The third-order valence-corrected chi connectivity index (χ3v) is 4.40. The Balaban J connectivity index is 1.73. The van der Waals surface area contributed by atoms with Gasteiger partial charge in [-0.15, -0.1) is 0 Å². The van der Waals surface area contributed by atoms with Crippen molar-refractivity contribution in [1.29, 1.82) is 0 Å². The Hall–Kier alpha value is -1.22. The van der Waals surface area contributed by atoms with E-state index in [0.29, 0.717) is 11.8 Å². The van der Waals surface area contributed by atoms with Crippen LogP contribution in [0.3, 0.4) is 0 Å². The summed E-state index contributed by atoms with van der Waals surface area (Å²) in [6, 6.07) is 6.26. The Bertz CT molecular complexity index is 440. The van der Waals surface area contributed by atoms with Crippen molar-refractivity contribution < 1.29 is 9.84 Å². The fourth-order valence-electron chi connectivity index (χ4n) is 2.95. The highest BCUT2D eigenvalue weighted by Gasteiger charge is 2.41. The lowest BCUT2D eigenvalue weighted by Gasteiger charge is -2.24. The zero-order valence-corrected chi connectivity index (χ0v) is 11.7. The van der Waals surface area contributed by atoms with Crippen molar-refractivity contribution in [2.45, 2.75) is 44.7 Å². The van der Waals surface area contributed by atoms with E-state index < -0.39 is 0 Å². The molecule has 2 aliphatic rings. The Labute approximate surface area is 115 Å². The molecule has 0 amide bonds. The predicted octanol–water partition coefficient (Wildman–Crippen LogP) is 3.24. The monoisotopic (exact) mass is 261 g/mol. The molecule has 104 valence electrons. The summed E-state index contributed by atoms with van der Waals surface area (Å²) < 4.78 is 5.25. The van der Waals surface area contributed by atoms with Crippen LogP contribution >= 0.6 is 0 Å². The van der Waals surface area contributed by atoms with E-state index in [9.17, 15) is 5.11 Å². The molecule has 1 unspecified atom stereocenters. The standard InChI is InChI=1S/C16H23NO2/c1-10(14-9-13(19-2)7-8-15(14)18)17-16(11-3-4-11)12-5-6-12/h7-12,16-18H,3-6H2,1-2H3. The number of methoxy groups -OCH3 is 1. The molecule has 3 rings (SSSR count). The first-order valence-electron chi connectivity index (χ1n) is 7.32. The number of hydrogen-bond donors (Lipinski definition) is 2. The quantitative estimate of drug-likeness (QED) is 0.826. The van der Waals surface area contributed by atoms with Crippen molar-refractivity contribution in [3.05, 3.63) is 23.8 Å². The molecule has 0 aliphatic heterocycles. The van der Waals surface area contributed by atoms with Gasteiger partial charge in [0.05, 0.1) is 7.11 Å². The van der Waals surface area contributed by atoms with Gasteiger partial charge in [0, 0.05) is 17.6 Å². The van der Waals surface area contributed by atoms with Gasteiger partial charge in [0.1, 0.15) is 11.5 Å². The normalized spacial score (nSPS) is 20.6. The van der Waals surface area contributed by atoms with E-state index >= 15 is 0 Å². The number of rotatable bonds is 6. The summed E-state index contributed by atoms with van der Waals surface area (Å²) in [5.74, 6) is 2.88. The van der Waals surface area contributed by atoms with Crippen LogP contribution < -0.4 is 10.1 Å². The van der Waals surface area contributed by atoms with E-state index in [1.54, 1.807) is 19.2 Å². The molecule has 0 spiro atoms. The molecule has 3 nitrogen and oxygen atoms in total. The lowest BCUT2D eigenvalue weighted by atomic mass is 10.0. The minimum Gasteiger partial charge on any atom is -0.508 e. The van der Waals surface area contributed by atoms with Gasteiger partial charge < -0.3 is 15.2 Å². The van der Waals surface area contributed by atoms with Crippen molar-refractivity contribution in [3.8, 4) is 11.5 Å². The van der Waals surface area contributed by atoms with Crippen LogP contribution in [0.5, 0.6) is 11.5 Å². The van der Waals surface area contributed by atoms with Gasteiger partial charge in [0.2, 0.25) is 0 Å². The molecule has 0 heterocycles. The Morgan fingerprint density at radius 1 is 1.21 bits per heavy atom. The summed E-state index contributed by atoms with van der Waals surface area (Å²) in [6.07, 6.45) is 5.46. The van der Waals surface area contributed by atoms with Crippen LogP contribution in [0.25, 0.3) is 0 Å². The zero-order chi connectivity index (χ0) is 13.4. The van der Waals surface area contributed by atoms with Gasteiger partial charge in [0.25, 0.3) is 0 Å². The average Bonchev–Trinajstić information content (AvgIpc) is 3.29. The smallest absolute Gasteiger partial charge is 0.120 e. The van der Waals surface area contributed by atoms with E-state index in [1.165, 1.54) is 25.7 Å². The molecule has 2 saturated carbocycles. The largest absolute Gasteiger partial charge is 0.508 e. The molecule has 1 aromatic rings. The van der Waals surface area contributed by atoms with Crippen LogP contribution in [0.4, 0.5) is 0 Å². The van der Waals surface area contributed by atoms with Crippen LogP contribution in [-0.4, -0.2) is 18.3 Å². The molecule has 2 fully saturated rings. The maximum absolute atomic E-state index is 10.0. The second-order valence-electron chi connectivity index (χ2n) is 6.01. The van der Waals surface area contributed by atoms with Crippen molar-refractivity contribution in [2.24, 2.45) is 11.8 Å². The maximum atomic E-state index is 10.0. The minimum absolute atomic E-state index is 0.168. The third-order valence-electron chi connectivity index (χ3n) is 4.40. The van der Waals surface area contributed by atoms with Gasteiger partial charge in [-0.05, 0) is 62.6 Å². The number of benzene rings is 1. The van der Waals surface area contributed by atoms with Crippen molar-refractivity contribution in [2.75, 3.05) is 7.11 Å². The van der Waals surface area contributed by atoms with E-state index in [-0.39, 0.29) is 6.04 Å². The fraction of sp³-hybridized carbons (Fsp3) is 0.625. The Morgan fingerprint density at radius 2 is 1.84 bits per heavy atom. The molecule has 0 bridgehead atoms. The summed E-state index contributed by atoms with van der Waals surface area (Å²) in [6.45, 7) is 2.13. The zero-order valence-electron chi connectivity index (χ0n) is 11.7. The number of nitrogens with one attached hydrogen (secondary N) is 1. The number of phenols is 1. The fourth-order valence-corrected chi connectivity index (χ4v) is 2.95. The number of ether oxygens (including phenoxy) is 1. The third kappa shape index (κ3) is 2.86. The minimum atomic E-state index is 0.168. The second-order valence-corrected chi connectivity index (χ2v) is 6.01. The summed E-state index contributed by atoms with van der Waals surface area (Å²) in [4.78, 5) is 0. The van der Waals surface area contributed by atoms with Crippen molar-refractivity contribution in [1.82, 2.24) is 5.32 Å². The average molecular weight is 261 g/mol. The Morgan fingerprint density at radius 3 is 2.37 bits per heavy atom. The van der Waals surface area contributed by atoms with Crippen LogP contribution in [0, 0.1) is 11.8 Å². The number of aromatic hydroxyl groups is 1. The highest BCUT2D eigenvalue weighted by atomic mass is 16.5. The SMILES string of the molecule is COc1ccc(O)c(C(C)NC(C2CC2)C2CC2)c1. The maximum Gasteiger partial charge on any atom is 0.120 e. The van der Waals surface area contributed by atoms with Gasteiger partial charge in [-0.3, -0.25) is 0 Å². The van der Waals surface area contributed by atoms with Crippen LogP contribution in [0.2, 0.25) is 0 Å². The molecule has 0 saturated heterocycles. The molecule has 2 aliphatic carbocycles. The molecule has 19 heavy (non-hydrogen) atoms. The van der Waals surface area contributed by atoms with E-state index in [1.807, 2.05) is 6.07 Å². The van der Waals surface area contributed by atoms with Gasteiger partial charge in [-0.25, -0.2) is 0 Å². The van der Waals surface area contributed by atoms with Crippen LogP contribution in [0.15, 0.2) is 18.2 Å². The van der Waals surface area contributed by atoms with E-state index in [4.69, 9.17) is 4.74 Å².